The molecule has 168 valence electrons. The number of ether oxygens (including phenoxy) is 1. The summed E-state index contributed by atoms with van der Waals surface area (Å²) in [5.41, 5.74) is 2.36. The van der Waals surface area contributed by atoms with Crippen LogP contribution < -0.4 is 4.90 Å². The van der Waals surface area contributed by atoms with Crippen molar-refractivity contribution >= 4 is 33.3 Å². The van der Waals surface area contributed by atoms with Crippen molar-refractivity contribution in [2.45, 2.75) is 38.7 Å². The van der Waals surface area contributed by atoms with Gasteiger partial charge in [-0.05, 0) is 37.7 Å². The number of aromatic nitrogens is 2. The summed E-state index contributed by atoms with van der Waals surface area (Å²) in [7, 11) is 1.68. The molecule has 2 fully saturated rings. The second-order valence-corrected chi connectivity index (χ2v) is 9.60. The number of likely N-dealkylation sites (tertiary alicyclic amines) is 1. The molecule has 6 nitrogen and oxygen atoms in total. The van der Waals surface area contributed by atoms with E-state index in [-0.39, 0.29) is 5.92 Å². The van der Waals surface area contributed by atoms with E-state index in [1.54, 1.807) is 18.4 Å². The van der Waals surface area contributed by atoms with E-state index in [0.717, 1.165) is 67.9 Å². The Morgan fingerprint density at radius 3 is 2.53 bits per heavy atom. The molecule has 3 aromatic rings. The van der Waals surface area contributed by atoms with Crippen molar-refractivity contribution in [2.24, 2.45) is 5.92 Å². The molecule has 0 N–H and O–H groups in total. The van der Waals surface area contributed by atoms with Crippen LogP contribution in [0, 0.1) is 5.92 Å². The number of thiophene rings is 1. The number of nitrogens with zero attached hydrogens (tertiary/aromatic N) is 4. The third kappa shape index (κ3) is 4.24. The fraction of sp³-hybridized carbons (Fsp3) is 0.480. The van der Waals surface area contributed by atoms with E-state index in [1.807, 2.05) is 6.07 Å². The van der Waals surface area contributed by atoms with Gasteiger partial charge in [0.05, 0.1) is 5.39 Å². The largest absolute Gasteiger partial charge is 0.377 e. The summed E-state index contributed by atoms with van der Waals surface area (Å²) in [6, 6.07) is 10.4. The number of methoxy groups -OCH3 is 1. The molecule has 7 heteroatoms. The van der Waals surface area contributed by atoms with Gasteiger partial charge in [0.25, 0.3) is 0 Å². The van der Waals surface area contributed by atoms with E-state index in [4.69, 9.17) is 14.7 Å². The number of benzene rings is 1. The van der Waals surface area contributed by atoms with Gasteiger partial charge in [-0.25, -0.2) is 9.97 Å². The maximum atomic E-state index is 13.0. The third-order valence-electron chi connectivity index (χ3n) is 6.63. The Bertz CT molecular complexity index is 1070. The fourth-order valence-electron chi connectivity index (χ4n) is 4.93. The molecule has 0 atom stereocenters. The van der Waals surface area contributed by atoms with E-state index in [2.05, 4.69) is 39.4 Å². The van der Waals surface area contributed by atoms with Crippen LogP contribution >= 0.6 is 11.3 Å². The zero-order valence-electron chi connectivity index (χ0n) is 18.6. The summed E-state index contributed by atoms with van der Waals surface area (Å²) in [4.78, 5) is 28.1. The van der Waals surface area contributed by atoms with Crippen molar-refractivity contribution in [1.82, 2.24) is 14.9 Å². The van der Waals surface area contributed by atoms with Gasteiger partial charge in [0.1, 0.15) is 17.3 Å². The number of piperidine rings is 2. The maximum Gasteiger partial charge on any atom is 0.225 e. The summed E-state index contributed by atoms with van der Waals surface area (Å²) in [5, 5.41) is 3.29. The van der Waals surface area contributed by atoms with Crippen LogP contribution in [0.4, 0.5) is 5.82 Å². The molecule has 2 aliphatic rings. The third-order valence-corrected chi connectivity index (χ3v) is 7.50. The van der Waals surface area contributed by atoms with Crippen molar-refractivity contribution < 1.29 is 9.53 Å². The van der Waals surface area contributed by atoms with Crippen LogP contribution in [0.2, 0.25) is 0 Å². The molecule has 2 aromatic heterocycles. The number of hydrogen-bond donors (Lipinski definition) is 0. The molecule has 32 heavy (non-hydrogen) atoms. The van der Waals surface area contributed by atoms with Gasteiger partial charge in [-0.15, -0.1) is 11.3 Å². The number of fused-ring (bicyclic) bond motifs is 1. The number of amides is 1. The Balaban J connectivity index is 1.43. The summed E-state index contributed by atoms with van der Waals surface area (Å²) < 4.78 is 5.34. The Labute approximate surface area is 193 Å². The number of hydrogen-bond acceptors (Lipinski definition) is 6. The van der Waals surface area contributed by atoms with Gasteiger partial charge >= 0.3 is 0 Å². The molecule has 2 aliphatic heterocycles. The Hall–Kier alpha value is -2.51. The number of carbonyl (C=O) groups is 1. The molecule has 0 radical (unpaired) electrons. The predicted octanol–water partition coefficient (Wildman–Crippen LogP) is 4.73. The second-order valence-electron chi connectivity index (χ2n) is 8.74. The number of carbonyl (C=O) groups excluding carboxylic acids is 1. The summed E-state index contributed by atoms with van der Waals surface area (Å²) in [5.74, 6) is 2.18. The highest BCUT2D eigenvalue weighted by Crippen LogP contribution is 2.39. The van der Waals surface area contributed by atoms with Gasteiger partial charge in [-0.3, -0.25) is 4.79 Å². The fourth-order valence-corrected chi connectivity index (χ4v) is 5.89. The normalized spacial score (nSPS) is 17.8. The van der Waals surface area contributed by atoms with Gasteiger partial charge in [0, 0.05) is 50.2 Å². The lowest BCUT2D eigenvalue weighted by Crippen LogP contribution is -2.44. The maximum absolute atomic E-state index is 13.0. The minimum absolute atomic E-state index is 0.135. The van der Waals surface area contributed by atoms with E-state index in [1.165, 1.54) is 17.5 Å². The highest BCUT2D eigenvalue weighted by molar-refractivity contribution is 7.17. The van der Waals surface area contributed by atoms with Crippen LogP contribution in [0.1, 0.15) is 37.9 Å². The molecular weight excluding hydrogens is 420 g/mol. The quantitative estimate of drug-likeness (QED) is 0.562. The molecular formula is C25H30N4O2S. The molecule has 0 aliphatic carbocycles. The molecule has 4 heterocycles. The minimum Gasteiger partial charge on any atom is -0.377 e. The number of rotatable bonds is 5. The Morgan fingerprint density at radius 2 is 1.81 bits per heavy atom. The van der Waals surface area contributed by atoms with Gasteiger partial charge in [-0.2, -0.15) is 0 Å². The van der Waals surface area contributed by atoms with Crippen LogP contribution in [0.5, 0.6) is 0 Å². The second kappa shape index (κ2) is 9.55. The standard InChI is InChI=1S/C25H30N4O2S/c1-31-16-21-26-23(22-20(17-32-24(22)27-21)18-8-4-2-5-9-18)28-14-10-19(11-15-28)25(30)29-12-6-3-7-13-29/h2,4-5,8-9,17,19H,3,6-7,10-16H2,1H3. The molecule has 0 bridgehead atoms. The van der Waals surface area contributed by atoms with E-state index in [9.17, 15) is 4.79 Å². The molecule has 2 saturated heterocycles. The van der Waals surface area contributed by atoms with E-state index < -0.39 is 0 Å². The highest BCUT2D eigenvalue weighted by atomic mass is 32.1. The summed E-state index contributed by atoms with van der Waals surface area (Å²) >= 11 is 1.66. The molecule has 0 unspecified atom stereocenters. The lowest BCUT2D eigenvalue weighted by Gasteiger charge is -2.36. The van der Waals surface area contributed by atoms with Gasteiger partial charge in [0.15, 0.2) is 5.82 Å². The molecule has 0 saturated carbocycles. The van der Waals surface area contributed by atoms with Crippen molar-refractivity contribution in [1.29, 1.82) is 0 Å². The first kappa shape index (κ1) is 21.3. The summed E-state index contributed by atoms with van der Waals surface area (Å²) in [6.45, 7) is 3.94. The van der Waals surface area contributed by atoms with Gasteiger partial charge in [-0.1, -0.05) is 30.3 Å². The lowest BCUT2D eigenvalue weighted by atomic mass is 9.94. The molecule has 5 rings (SSSR count). The first-order chi connectivity index (χ1) is 15.7. The zero-order chi connectivity index (χ0) is 21.9. The first-order valence-corrected chi connectivity index (χ1v) is 12.5. The van der Waals surface area contributed by atoms with Crippen LogP contribution in [0.3, 0.4) is 0 Å². The SMILES string of the molecule is COCc1nc(N2CCC(C(=O)N3CCCCC3)CC2)c2c(-c3ccccc3)csc2n1. The Morgan fingerprint density at radius 1 is 1.06 bits per heavy atom. The van der Waals surface area contributed by atoms with Crippen LogP contribution in [0.25, 0.3) is 21.3 Å². The topological polar surface area (TPSA) is 58.6 Å². The molecule has 0 spiro atoms. The van der Waals surface area contributed by atoms with Crippen molar-refractivity contribution in [2.75, 3.05) is 38.2 Å². The molecule has 1 amide bonds. The lowest BCUT2D eigenvalue weighted by molar-refractivity contribution is -0.137. The van der Waals surface area contributed by atoms with Crippen molar-refractivity contribution in [3.8, 4) is 11.1 Å². The molecule has 1 aromatic carbocycles. The first-order valence-electron chi connectivity index (χ1n) is 11.6. The zero-order valence-corrected chi connectivity index (χ0v) is 19.4. The smallest absolute Gasteiger partial charge is 0.225 e. The van der Waals surface area contributed by atoms with Gasteiger partial charge in [0.2, 0.25) is 5.91 Å². The highest BCUT2D eigenvalue weighted by Gasteiger charge is 2.31. The monoisotopic (exact) mass is 450 g/mol. The van der Waals surface area contributed by atoms with Crippen molar-refractivity contribution in [3.05, 3.63) is 41.5 Å². The number of anilines is 1. The van der Waals surface area contributed by atoms with E-state index >= 15 is 0 Å². The Kier molecular flexibility index (Phi) is 6.37. The van der Waals surface area contributed by atoms with Crippen LogP contribution in [0.15, 0.2) is 35.7 Å². The average Bonchev–Trinajstić information content (AvgIpc) is 3.29. The van der Waals surface area contributed by atoms with Crippen molar-refractivity contribution in [3.63, 3.8) is 0 Å². The summed E-state index contributed by atoms with van der Waals surface area (Å²) in [6.07, 6.45) is 5.30. The van der Waals surface area contributed by atoms with Crippen LogP contribution in [-0.2, 0) is 16.1 Å². The van der Waals surface area contributed by atoms with E-state index in [0.29, 0.717) is 18.3 Å². The van der Waals surface area contributed by atoms with Crippen LogP contribution in [-0.4, -0.2) is 54.1 Å². The van der Waals surface area contributed by atoms with Gasteiger partial charge < -0.3 is 14.5 Å². The average molecular weight is 451 g/mol. The predicted molar refractivity (Wildman–Crippen MR) is 129 cm³/mol. The minimum atomic E-state index is 0.135.